The van der Waals surface area contributed by atoms with E-state index in [1.807, 2.05) is 26.8 Å². The van der Waals surface area contributed by atoms with Crippen molar-refractivity contribution in [2.45, 2.75) is 117 Å². The van der Waals surface area contributed by atoms with Crippen molar-refractivity contribution < 1.29 is 14.6 Å². The number of H-pyrrole nitrogens is 1. The number of Topliss-reactive ketones (excluding diaryl/α,β-unsaturated/α-hetero) is 1. The van der Waals surface area contributed by atoms with E-state index in [0.29, 0.717) is 5.92 Å². The van der Waals surface area contributed by atoms with Gasteiger partial charge in [0.2, 0.25) is 0 Å². The number of ketones is 1. The van der Waals surface area contributed by atoms with Gasteiger partial charge in [-0.15, -0.1) is 0 Å². The summed E-state index contributed by atoms with van der Waals surface area (Å²) in [5, 5.41) is 12.7. The third-order valence-electron chi connectivity index (χ3n) is 11.1. The van der Waals surface area contributed by atoms with Gasteiger partial charge in [0.05, 0.1) is 22.7 Å². The first kappa shape index (κ1) is 25.0. The molecule has 0 amide bonds. The summed E-state index contributed by atoms with van der Waals surface area (Å²) in [5.74, 6) is 0.837. The molecule has 2 heterocycles. The Morgan fingerprint density at radius 1 is 0.943 bits per heavy atom. The van der Waals surface area contributed by atoms with Crippen LogP contribution in [0, 0.1) is 23.2 Å². The zero-order chi connectivity index (χ0) is 25.9. The Labute approximate surface area is 211 Å². The summed E-state index contributed by atoms with van der Waals surface area (Å²) in [4.78, 5) is 17.7. The lowest BCUT2D eigenvalue weighted by Crippen LogP contribution is -2.60. The summed E-state index contributed by atoms with van der Waals surface area (Å²) < 4.78 is 6.46. The van der Waals surface area contributed by atoms with E-state index >= 15 is 0 Å². The molecule has 0 bridgehead atoms. The van der Waals surface area contributed by atoms with E-state index in [4.69, 9.17) is 4.74 Å². The maximum absolute atomic E-state index is 13.8. The molecule has 6 rings (SSSR count). The minimum atomic E-state index is -0.712. The first-order valence-corrected chi connectivity index (χ1v) is 13.8. The minimum Gasteiger partial charge on any atom is -0.390 e. The Kier molecular flexibility index (Phi) is 5.16. The number of ether oxygens (including phenoxy) is 1. The molecule has 3 unspecified atom stereocenters. The van der Waals surface area contributed by atoms with Crippen molar-refractivity contribution in [3.63, 3.8) is 0 Å². The fourth-order valence-corrected chi connectivity index (χ4v) is 8.67. The molecule has 1 saturated heterocycles. The second-order valence-corrected chi connectivity index (χ2v) is 13.5. The molecule has 1 aromatic heterocycles. The third kappa shape index (κ3) is 2.90. The largest absolute Gasteiger partial charge is 0.390 e. The molecule has 3 aliphatic carbocycles. The molecular formula is C31H45NO3. The minimum absolute atomic E-state index is 0.0985. The van der Waals surface area contributed by atoms with Crippen molar-refractivity contribution in [3.8, 4) is 0 Å². The van der Waals surface area contributed by atoms with Gasteiger partial charge in [0.15, 0.2) is 5.78 Å². The molecule has 5 atom stereocenters. The second kappa shape index (κ2) is 7.22. The maximum atomic E-state index is 13.8. The molecule has 4 nitrogen and oxygen atoms in total. The zero-order valence-corrected chi connectivity index (χ0v) is 23.5. The van der Waals surface area contributed by atoms with Crippen LogP contribution in [0.5, 0.6) is 0 Å². The van der Waals surface area contributed by atoms with Crippen LogP contribution in [0.25, 0.3) is 10.9 Å². The van der Waals surface area contributed by atoms with Crippen LogP contribution in [0.15, 0.2) is 12.1 Å². The van der Waals surface area contributed by atoms with Crippen molar-refractivity contribution in [2.75, 3.05) is 0 Å². The number of hydrogen-bond acceptors (Lipinski definition) is 3. The van der Waals surface area contributed by atoms with Crippen LogP contribution in [0.3, 0.4) is 0 Å². The highest BCUT2D eigenvalue weighted by Gasteiger charge is 2.63. The van der Waals surface area contributed by atoms with E-state index in [0.717, 1.165) is 36.8 Å². The molecule has 4 aliphatic rings. The zero-order valence-electron chi connectivity index (χ0n) is 23.5. The first-order chi connectivity index (χ1) is 16.1. The van der Waals surface area contributed by atoms with E-state index in [1.54, 1.807) is 0 Å². The Morgan fingerprint density at radius 2 is 1.60 bits per heavy atom. The van der Waals surface area contributed by atoms with Crippen LogP contribution < -0.4 is 0 Å². The number of benzene rings is 1. The number of aliphatic hydroxyl groups is 1. The van der Waals surface area contributed by atoms with Crippen molar-refractivity contribution in [3.05, 3.63) is 34.5 Å². The summed E-state index contributed by atoms with van der Waals surface area (Å²) >= 11 is 0. The molecule has 0 spiro atoms. The first-order valence-electron chi connectivity index (χ1n) is 13.8. The summed E-state index contributed by atoms with van der Waals surface area (Å²) in [6, 6.07) is 4.16. The highest BCUT2D eigenvalue weighted by Crippen LogP contribution is 2.64. The van der Waals surface area contributed by atoms with E-state index in [1.165, 1.54) is 22.2 Å². The smallest absolute Gasteiger partial charge is 0.169 e. The Hall–Kier alpha value is -1.65. The normalized spacial score (nSPS) is 37.7. The molecule has 2 N–H and O–H groups in total. The van der Waals surface area contributed by atoms with Gasteiger partial charge in [-0.1, -0.05) is 34.6 Å². The van der Waals surface area contributed by atoms with Gasteiger partial charge in [0.25, 0.3) is 0 Å². The van der Waals surface area contributed by atoms with Crippen molar-refractivity contribution >= 4 is 16.7 Å². The quantitative estimate of drug-likeness (QED) is 0.439. The Morgan fingerprint density at radius 3 is 2.26 bits per heavy atom. The summed E-state index contributed by atoms with van der Waals surface area (Å²) in [6.07, 6.45) is 3.77. The van der Waals surface area contributed by atoms with Gasteiger partial charge in [-0.2, -0.15) is 0 Å². The van der Waals surface area contributed by atoms with E-state index in [-0.39, 0.29) is 34.1 Å². The van der Waals surface area contributed by atoms with Gasteiger partial charge in [-0.25, -0.2) is 0 Å². The van der Waals surface area contributed by atoms with Crippen LogP contribution >= 0.6 is 0 Å². The summed E-state index contributed by atoms with van der Waals surface area (Å²) in [7, 11) is 0. The monoisotopic (exact) mass is 479 g/mol. The van der Waals surface area contributed by atoms with Crippen LogP contribution in [-0.2, 0) is 23.0 Å². The molecular weight excluding hydrogens is 434 g/mol. The fraction of sp³-hybridized carbons (Fsp3) is 0.710. The number of aromatic nitrogens is 1. The predicted octanol–water partition coefficient (Wildman–Crippen LogP) is 6.75. The topological polar surface area (TPSA) is 62.3 Å². The highest BCUT2D eigenvalue weighted by molar-refractivity contribution is 6.06. The number of nitrogens with one attached hydrogen (secondary N) is 1. The fourth-order valence-electron chi connectivity index (χ4n) is 8.67. The molecule has 2 aromatic rings. The highest BCUT2D eigenvalue weighted by atomic mass is 16.5. The van der Waals surface area contributed by atoms with E-state index < -0.39 is 11.2 Å². The summed E-state index contributed by atoms with van der Waals surface area (Å²) in [5.41, 5.74) is 4.05. The van der Waals surface area contributed by atoms with E-state index in [2.05, 4.69) is 59.5 Å². The molecule has 0 radical (unpaired) electrons. The number of aromatic amines is 1. The standard InChI is InChI=1S/C29H39NO3.C2H6/c1-25(2)19-14-17-16(23(31)22(19)26(3,4)33-25)9-10-20-21(17)18-13-15-11-12-28(7,32)27(5,6)29(15,8)24(18)30-20;1-2/h9-10,15,19,22,30,32H,11-14H2,1-8H3;1-2H3/t15?,19?,22?,28-,29+;/m0./s1. The molecule has 192 valence electrons. The number of carbonyl (C=O) groups excluding carboxylic acids is 1. The average Bonchev–Trinajstić information content (AvgIpc) is 3.33. The number of hydrogen-bond donors (Lipinski definition) is 2. The van der Waals surface area contributed by atoms with Gasteiger partial charge in [-0.3, -0.25) is 4.79 Å². The van der Waals surface area contributed by atoms with Gasteiger partial charge < -0.3 is 14.8 Å². The molecule has 1 saturated carbocycles. The van der Waals surface area contributed by atoms with Crippen molar-refractivity contribution in [1.82, 2.24) is 4.98 Å². The van der Waals surface area contributed by atoms with Crippen LogP contribution in [-0.4, -0.2) is 32.7 Å². The predicted molar refractivity (Wildman–Crippen MR) is 142 cm³/mol. The molecule has 1 aromatic carbocycles. The Bertz CT molecular complexity index is 1210. The number of carbonyl (C=O) groups is 1. The van der Waals surface area contributed by atoms with Crippen molar-refractivity contribution in [1.29, 1.82) is 0 Å². The second-order valence-electron chi connectivity index (χ2n) is 13.5. The lowest BCUT2D eigenvalue weighted by atomic mass is 9.49. The number of fused-ring (bicyclic) bond motifs is 8. The van der Waals surface area contributed by atoms with Crippen LogP contribution in [0.4, 0.5) is 0 Å². The molecule has 1 aliphatic heterocycles. The molecule has 4 heteroatoms. The molecule has 2 fully saturated rings. The van der Waals surface area contributed by atoms with Gasteiger partial charge >= 0.3 is 0 Å². The van der Waals surface area contributed by atoms with Crippen LogP contribution in [0.1, 0.15) is 109 Å². The SMILES string of the molecule is CC.CC1(C)OC(C)(C)C2C(=O)c3ccc4[nH]c5c(c4c3CC21)CC1CC[C@](C)(O)C(C)(C)[C@@]51C. The maximum Gasteiger partial charge on any atom is 0.169 e. The molecule has 35 heavy (non-hydrogen) atoms. The van der Waals surface area contributed by atoms with Gasteiger partial charge in [-0.05, 0) is 89.5 Å². The lowest BCUT2D eigenvalue weighted by Gasteiger charge is -2.57. The lowest BCUT2D eigenvalue weighted by molar-refractivity contribution is -0.140. The van der Waals surface area contributed by atoms with Crippen LogP contribution in [0.2, 0.25) is 0 Å². The van der Waals surface area contributed by atoms with Crippen molar-refractivity contribution in [2.24, 2.45) is 23.2 Å². The third-order valence-corrected chi connectivity index (χ3v) is 11.1. The van der Waals surface area contributed by atoms with E-state index in [9.17, 15) is 9.90 Å². The van der Waals surface area contributed by atoms with Gasteiger partial charge in [0, 0.05) is 38.9 Å². The average molecular weight is 480 g/mol. The summed E-state index contributed by atoms with van der Waals surface area (Å²) in [6.45, 7) is 21.3. The number of rotatable bonds is 0. The Balaban J connectivity index is 0.00000124. The van der Waals surface area contributed by atoms with Gasteiger partial charge in [0.1, 0.15) is 0 Å².